The van der Waals surface area contributed by atoms with E-state index in [0.717, 1.165) is 44.0 Å². The summed E-state index contributed by atoms with van der Waals surface area (Å²) in [5.41, 5.74) is 8.52. The van der Waals surface area contributed by atoms with Crippen molar-refractivity contribution in [2.24, 2.45) is 5.73 Å². The van der Waals surface area contributed by atoms with Crippen LogP contribution in [0.4, 0.5) is 0 Å². The molecule has 1 unspecified atom stereocenters. The molecule has 1 aromatic rings. The molecule has 1 aromatic carbocycles. The van der Waals surface area contributed by atoms with Crippen LogP contribution >= 0.6 is 0 Å². The first-order valence-corrected chi connectivity index (χ1v) is 6.21. The zero-order valence-corrected chi connectivity index (χ0v) is 9.93. The lowest BCUT2D eigenvalue weighted by Crippen LogP contribution is -2.22. The zero-order chi connectivity index (χ0) is 11.7. The molecule has 0 spiro atoms. The molecule has 3 rings (SSSR count). The summed E-state index contributed by atoms with van der Waals surface area (Å²) in [7, 11) is 0. The Morgan fingerprint density at radius 3 is 2.94 bits per heavy atom. The highest BCUT2D eigenvalue weighted by Gasteiger charge is 2.18. The first-order chi connectivity index (χ1) is 8.33. The molecular formula is C14H18N2O. The fourth-order valence-corrected chi connectivity index (χ4v) is 2.47. The summed E-state index contributed by atoms with van der Waals surface area (Å²) >= 11 is 0. The number of ether oxygens (including phenoxy) is 1. The first-order valence-electron chi connectivity index (χ1n) is 6.21. The Morgan fingerprint density at radius 1 is 1.29 bits per heavy atom. The van der Waals surface area contributed by atoms with Gasteiger partial charge in [-0.2, -0.15) is 0 Å². The molecule has 0 aromatic heterocycles. The largest absolute Gasteiger partial charge is 0.493 e. The predicted octanol–water partition coefficient (Wildman–Crippen LogP) is 1.84. The van der Waals surface area contributed by atoms with E-state index in [9.17, 15) is 0 Å². The topological polar surface area (TPSA) is 38.5 Å². The summed E-state index contributed by atoms with van der Waals surface area (Å²) in [5, 5.41) is 0. The Labute approximate surface area is 102 Å². The van der Waals surface area contributed by atoms with Gasteiger partial charge in [0.1, 0.15) is 5.75 Å². The molecule has 2 aliphatic rings. The summed E-state index contributed by atoms with van der Waals surface area (Å²) in [6, 6.07) is 6.58. The van der Waals surface area contributed by atoms with E-state index in [1.807, 2.05) is 0 Å². The van der Waals surface area contributed by atoms with E-state index in [-0.39, 0.29) is 6.04 Å². The van der Waals surface area contributed by atoms with Gasteiger partial charge in [-0.25, -0.2) is 0 Å². The summed E-state index contributed by atoms with van der Waals surface area (Å²) < 4.78 is 5.68. The molecule has 0 aliphatic carbocycles. The SMILES string of the molecule is NC1CCOc2cc(CN3CC=CC3)ccc21. The lowest BCUT2D eigenvalue weighted by Gasteiger charge is -2.24. The third-order valence-corrected chi connectivity index (χ3v) is 3.46. The maximum absolute atomic E-state index is 6.06. The van der Waals surface area contributed by atoms with Gasteiger partial charge in [0, 0.05) is 37.7 Å². The van der Waals surface area contributed by atoms with Crippen LogP contribution in [0.25, 0.3) is 0 Å². The summed E-state index contributed by atoms with van der Waals surface area (Å²) in [6.07, 6.45) is 5.35. The highest BCUT2D eigenvalue weighted by atomic mass is 16.5. The van der Waals surface area contributed by atoms with E-state index in [1.165, 1.54) is 5.56 Å². The lowest BCUT2D eigenvalue weighted by molar-refractivity contribution is 0.267. The van der Waals surface area contributed by atoms with Gasteiger partial charge in [-0.1, -0.05) is 24.3 Å². The number of hydrogen-bond donors (Lipinski definition) is 1. The second-order valence-electron chi connectivity index (χ2n) is 4.78. The van der Waals surface area contributed by atoms with Crippen LogP contribution in [0.3, 0.4) is 0 Å². The van der Waals surface area contributed by atoms with Crippen molar-refractivity contribution in [2.45, 2.75) is 19.0 Å². The van der Waals surface area contributed by atoms with E-state index >= 15 is 0 Å². The van der Waals surface area contributed by atoms with Gasteiger partial charge < -0.3 is 10.5 Å². The van der Waals surface area contributed by atoms with Crippen molar-refractivity contribution in [3.05, 3.63) is 41.5 Å². The molecule has 0 radical (unpaired) electrons. The van der Waals surface area contributed by atoms with Crippen LogP contribution in [0.2, 0.25) is 0 Å². The fourth-order valence-electron chi connectivity index (χ4n) is 2.47. The molecule has 0 saturated heterocycles. The third-order valence-electron chi connectivity index (χ3n) is 3.46. The summed E-state index contributed by atoms with van der Waals surface area (Å²) in [6.45, 7) is 3.83. The second-order valence-corrected chi connectivity index (χ2v) is 4.78. The molecular weight excluding hydrogens is 212 g/mol. The van der Waals surface area contributed by atoms with Crippen molar-refractivity contribution < 1.29 is 4.74 Å². The van der Waals surface area contributed by atoms with E-state index in [2.05, 4.69) is 35.3 Å². The van der Waals surface area contributed by atoms with Crippen molar-refractivity contribution in [1.29, 1.82) is 0 Å². The maximum atomic E-state index is 6.06. The Kier molecular flexibility index (Phi) is 2.87. The molecule has 2 aliphatic heterocycles. The van der Waals surface area contributed by atoms with Crippen LogP contribution < -0.4 is 10.5 Å². The molecule has 3 heteroatoms. The quantitative estimate of drug-likeness (QED) is 0.788. The predicted molar refractivity (Wildman–Crippen MR) is 67.9 cm³/mol. The minimum atomic E-state index is 0.140. The Hall–Kier alpha value is -1.32. The van der Waals surface area contributed by atoms with Crippen LogP contribution in [0.1, 0.15) is 23.6 Å². The molecule has 17 heavy (non-hydrogen) atoms. The Bertz CT molecular complexity index is 434. The molecule has 3 nitrogen and oxygen atoms in total. The minimum absolute atomic E-state index is 0.140. The normalized spacial score (nSPS) is 23.5. The van der Waals surface area contributed by atoms with Crippen LogP contribution in [-0.2, 0) is 6.54 Å². The molecule has 0 saturated carbocycles. The van der Waals surface area contributed by atoms with Gasteiger partial charge >= 0.3 is 0 Å². The Morgan fingerprint density at radius 2 is 2.12 bits per heavy atom. The smallest absolute Gasteiger partial charge is 0.124 e. The average Bonchev–Trinajstić information content (AvgIpc) is 2.82. The molecule has 0 bridgehead atoms. The lowest BCUT2D eigenvalue weighted by atomic mass is 9.99. The van der Waals surface area contributed by atoms with Gasteiger partial charge in [-0.3, -0.25) is 4.90 Å². The van der Waals surface area contributed by atoms with Crippen molar-refractivity contribution in [3.63, 3.8) is 0 Å². The molecule has 0 amide bonds. The molecule has 2 N–H and O–H groups in total. The van der Waals surface area contributed by atoms with Gasteiger partial charge in [-0.15, -0.1) is 0 Å². The molecule has 90 valence electrons. The van der Waals surface area contributed by atoms with Crippen molar-refractivity contribution in [1.82, 2.24) is 4.90 Å². The Balaban J connectivity index is 1.78. The first kappa shape index (κ1) is 10.8. The number of hydrogen-bond acceptors (Lipinski definition) is 3. The maximum Gasteiger partial charge on any atom is 0.124 e. The van der Waals surface area contributed by atoms with Crippen LogP contribution in [0.5, 0.6) is 5.75 Å². The number of nitrogens with zero attached hydrogens (tertiary/aromatic N) is 1. The van der Waals surface area contributed by atoms with Crippen LogP contribution in [0, 0.1) is 0 Å². The molecule has 1 atom stereocenters. The van der Waals surface area contributed by atoms with Gasteiger partial charge in [0.15, 0.2) is 0 Å². The second kappa shape index (κ2) is 4.51. The summed E-state index contributed by atoms with van der Waals surface area (Å²) in [5.74, 6) is 0.980. The average molecular weight is 230 g/mol. The fraction of sp³-hybridized carbons (Fsp3) is 0.429. The molecule has 2 heterocycles. The highest BCUT2D eigenvalue weighted by Crippen LogP contribution is 2.31. The van der Waals surface area contributed by atoms with Gasteiger partial charge in [-0.05, 0) is 11.6 Å². The zero-order valence-electron chi connectivity index (χ0n) is 9.93. The van der Waals surface area contributed by atoms with Gasteiger partial charge in [0.2, 0.25) is 0 Å². The van der Waals surface area contributed by atoms with E-state index in [1.54, 1.807) is 0 Å². The van der Waals surface area contributed by atoms with Crippen molar-refractivity contribution >= 4 is 0 Å². The van der Waals surface area contributed by atoms with E-state index in [0.29, 0.717) is 0 Å². The standard InChI is InChI=1S/C14H18N2O/c15-13-5-8-17-14-9-11(3-4-12(13)14)10-16-6-1-2-7-16/h1-4,9,13H,5-8,10,15H2. The summed E-state index contributed by atoms with van der Waals surface area (Å²) in [4.78, 5) is 2.39. The third kappa shape index (κ3) is 2.21. The molecule has 0 fully saturated rings. The van der Waals surface area contributed by atoms with Crippen LogP contribution in [-0.4, -0.2) is 24.6 Å². The highest BCUT2D eigenvalue weighted by molar-refractivity contribution is 5.40. The van der Waals surface area contributed by atoms with Crippen LogP contribution in [0.15, 0.2) is 30.4 Å². The number of benzene rings is 1. The van der Waals surface area contributed by atoms with Gasteiger partial charge in [0.05, 0.1) is 6.61 Å². The number of fused-ring (bicyclic) bond motifs is 1. The minimum Gasteiger partial charge on any atom is -0.493 e. The number of rotatable bonds is 2. The number of nitrogens with two attached hydrogens (primary N) is 1. The monoisotopic (exact) mass is 230 g/mol. The van der Waals surface area contributed by atoms with E-state index < -0.39 is 0 Å². The van der Waals surface area contributed by atoms with Crippen molar-refractivity contribution in [3.8, 4) is 5.75 Å². The van der Waals surface area contributed by atoms with E-state index in [4.69, 9.17) is 10.5 Å². The van der Waals surface area contributed by atoms with Gasteiger partial charge in [0.25, 0.3) is 0 Å². The van der Waals surface area contributed by atoms with Crippen molar-refractivity contribution in [2.75, 3.05) is 19.7 Å².